The van der Waals surface area contributed by atoms with Crippen LogP contribution >= 0.6 is 0 Å². The summed E-state index contributed by atoms with van der Waals surface area (Å²) in [6.07, 6.45) is -3.32. The van der Waals surface area contributed by atoms with E-state index in [0.717, 1.165) is 6.92 Å². The maximum absolute atomic E-state index is 16.8. The van der Waals surface area contributed by atoms with Gasteiger partial charge in [-0.1, -0.05) is 25.9 Å². The Balaban J connectivity index is 2.07. The summed E-state index contributed by atoms with van der Waals surface area (Å²) in [6.45, 7) is 14.3. The molecule has 2 N–H and O–H groups in total. The molecule has 3 fully saturated rings. The third kappa shape index (κ3) is 9.32. The summed E-state index contributed by atoms with van der Waals surface area (Å²) in [5.41, 5.74) is 2.89. The van der Waals surface area contributed by atoms with Gasteiger partial charge >= 0.3 is 12.1 Å². The lowest BCUT2D eigenvalue weighted by molar-refractivity contribution is -0.295. The van der Waals surface area contributed by atoms with E-state index < -0.39 is 77.3 Å². The highest BCUT2D eigenvalue weighted by atomic mass is 19.1. The van der Waals surface area contributed by atoms with E-state index in [1.807, 2.05) is 39.8 Å². The van der Waals surface area contributed by atoms with Crippen LogP contribution in [0.15, 0.2) is 5.11 Å². The molecular formula is C35H61FN6O9. The minimum Gasteiger partial charge on any atom is -0.455 e. The van der Waals surface area contributed by atoms with Crippen LogP contribution in [0, 0.1) is 11.8 Å². The van der Waals surface area contributed by atoms with Gasteiger partial charge in [-0.15, -0.1) is 0 Å². The number of carbonyl (C=O) groups is 3. The van der Waals surface area contributed by atoms with Crippen molar-refractivity contribution in [3.05, 3.63) is 10.4 Å². The molecule has 13 atom stereocenters. The van der Waals surface area contributed by atoms with E-state index in [4.69, 9.17) is 29.2 Å². The summed E-state index contributed by atoms with van der Waals surface area (Å²) < 4.78 is 47.2. The number of Topliss-reactive ketones (excluding diaryl/α,β-unsaturated/α-hetero) is 1. The van der Waals surface area contributed by atoms with Crippen molar-refractivity contribution in [3.8, 4) is 0 Å². The molecule has 0 aromatic heterocycles. The number of ketones is 1. The Hall–Kier alpha value is -2.59. The highest BCUT2D eigenvalue weighted by molar-refractivity contribution is 6.07. The average molecular weight is 729 g/mol. The first kappa shape index (κ1) is 42.8. The van der Waals surface area contributed by atoms with Crippen molar-refractivity contribution >= 4 is 17.8 Å². The number of hydrogen-bond donors (Lipinski definition) is 2. The Labute approximate surface area is 301 Å². The van der Waals surface area contributed by atoms with Gasteiger partial charge in [0, 0.05) is 43.1 Å². The molecule has 0 bridgehead atoms. The second-order valence-electron chi connectivity index (χ2n) is 15.5. The molecule has 1 amide bonds. The number of aliphatic hydroxyl groups excluding tert-OH is 1. The molecule has 0 radical (unpaired) electrons. The van der Waals surface area contributed by atoms with E-state index in [1.165, 1.54) is 14.0 Å². The summed E-state index contributed by atoms with van der Waals surface area (Å²) in [5, 5.41) is 18.5. The van der Waals surface area contributed by atoms with E-state index in [0.29, 0.717) is 32.2 Å². The Kier molecular flexibility index (Phi) is 14.7. The molecule has 0 spiro atoms. The van der Waals surface area contributed by atoms with E-state index in [-0.39, 0.29) is 37.6 Å². The molecule has 3 rings (SSSR count). The standard InChI is InChI=1S/C35H61FN6O9/c1-12-25-35(8)27(42(32(46)51-35)16-14-13-15-39-40-37)23(5)38-19-20(2)18-33(6,47-11)29(22(4)28(44)34(7,36)31(45)49-25)50-30-26(43)24(41(9)10)17-21(3)48-30/h20-27,29-30,38,43H,12-19H2,1-11H3/t20-,21-,22+,23-,24?,25-,26-,27-,29-,30+,33-,34?,35-/m1/s1. The molecule has 16 heteroatoms. The molecule has 0 aromatic rings. The zero-order valence-electron chi connectivity index (χ0n) is 32.3. The number of unbranched alkanes of at least 4 members (excludes halogenated alkanes) is 1. The number of halogens is 1. The lowest BCUT2D eigenvalue weighted by atomic mass is 9.78. The van der Waals surface area contributed by atoms with Gasteiger partial charge in [-0.2, -0.15) is 0 Å². The zero-order chi connectivity index (χ0) is 38.5. The third-order valence-electron chi connectivity index (χ3n) is 11.0. The maximum atomic E-state index is 16.8. The Bertz CT molecular complexity index is 1270. The van der Waals surface area contributed by atoms with Crippen LogP contribution in [-0.4, -0.2) is 139 Å². The predicted molar refractivity (Wildman–Crippen MR) is 186 cm³/mol. The van der Waals surface area contributed by atoms with E-state index in [9.17, 15) is 19.5 Å². The number of alkyl halides is 1. The lowest BCUT2D eigenvalue weighted by Gasteiger charge is -2.47. The number of carbonyl (C=O) groups excluding carboxylic acids is 3. The molecule has 3 heterocycles. The van der Waals surface area contributed by atoms with Gasteiger partial charge < -0.3 is 39.0 Å². The van der Waals surface area contributed by atoms with Gasteiger partial charge in [-0.3, -0.25) is 9.69 Å². The molecule has 51 heavy (non-hydrogen) atoms. The quantitative estimate of drug-likeness (QED) is 0.0823. The van der Waals surface area contributed by atoms with Crippen molar-refractivity contribution in [2.24, 2.45) is 17.0 Å². The second kappa shape index (κ2) is 17.5. The maximum Gasteiger partial charge on any atom is 0.410 e. The number of nitrogens with one attached hydrogen (secondary N) is 1. The van der Waals surface area contributed by atoms with Gasteiger partial charge in [0.15, 0.2) is 17.7 Å². The number of cyclic esters (lactones) is 1. The van der Waals surface area contributed by atoms with Gasteiger partial charge in [-0.25, -0.2) is 14.0 Å². The van der Waals surface area contributed by atoms with Crippen molar-refractivity contribution in [3.63, 3.8) is 0 Å². The predicted octanol–water partition coefficient (Wildman–Crippen LogP) is 4.15. The minimum atomic E-state index is -3.13. The highest BCUT2D eigenvalue weighted by Gasteiger charge is 2.60. The highest BCUT2D eigenvalue weighted by Crippen LogP contribution is 2.41. The Morgan fingerprint density at radius 1 is 1.16 bits per heavy atom. The lowest BCUT2D eigenvalue weighted by Crippen LogP contribution is -2.61. The molecule has 0 saturated carbocycles. The Morgan fingerprint density at radius 2 is 1.82 bits per heavy atom. The fourth-order valence-electron chi connectivity index (χ4n) is 8.17. The number of amides is 1. The van der Waals surface area contributed by atoms with Crippen molar-refractivity contribution < 1.29 is 47.6 Å². The molecular weight excluding hydrogens is 667 g/mol. The van der Waals surface area contributed by atoms with Crippen LogP contribution in [0.25, 0.3) is 10.4 Å². The number of methoxy groups -OCH3 is 1. The largest absolute Gasteiger partial charge is 0.455 e. The van der Waals surface area contributed by atoms with Gasteiger partial charge in [0.1, 0.15) is 12.2 Å². The van der Waals surface area contributed by atoms with Crippen LogP contribution in [0.4, 0.5) is 9.18 Å². The molecule has 3 saturated heterocycles. The van der Waals surface area contributed by atoms with Gasteiger partial charge in [0.25, 0.3) is 5.67 Å². The number of aliphatic hydroxyl groups is 1. The van der Waals surface area contributed by atoms with Crippen LogP contribution in [0.1, 0.15) is 87.5 Å². The van der Waals surface area contributed by atoms with Crippen LogP contribution in [0.5, 0.6) is 0 Å². The van der Waals surface area contributed by atoms with E-state index >= 15 is 4.39 Å². The molecule has 3 aliphatic rings. The Morgan fingerprint density at radius 3 is 2.41 bits per heavy atom. The van der Waals surface area contributed by atoms with Crippen molar-refractivity contribution in [1.82, 2.24) is 15.1 Å². The van der Waals surface area contributed by atoms with Crippen molar-refractivity contribution in [2.75, 3.05) is 40.8 Å². The summed E-state index contributed by atoms with van der Waals surface area (Å²) >= 11 is 0. The number of hydrogen-bond acceptors (Lipinski definition) is 12. The minimum absolute atomic E-state index is 0.111. The van der Waals surface area contributed by atoms with Gasteiger partial charge in [0.05, 0.1) is 23.9 Å². The fraction of sp³-hybridized carbons (Fsp3) is 0.914. The smallest absolute Gasteiger partial charge is 0.410 e. The molecule has 3 aliphatic heterocycles. The number of likely N-dealkylation sites (N-methyl/N-ethyl adjacent to an activating group) is 1. The molecule has 2 unspecified atom stereocenters. The second-order valence-corrected chi connectivity index (χ2v) is 15.5. The normalized spacial score (nSPS) is 41.6. The molecule has 15 nitrogen and oxygen atoms in total. The number of nitrogens with zero attached hydrogens (tertiary/aromatic N) is 5. The molecule has 0 aromatic carbocycles. The van der Waals surface area contributed by atoms with Gasteiger partial charge in [0.2, 0.25) is 0 Å². The summed E-state index contributed by atoms with van der Waals surface area (Å²) in [7, 11) is 5.17. The zero-order valence-corrected chi connectivity index (χ0v) is 32.3. The van der Waals surface area contributed by atoms with Crippen LogP contribution in [0.2, 0.25) is 0 Å². The van der Waals surface area contributed by atoms with Crippen LogP contribution in [0.3, 0.4) is 0 Å². The SMILES string of the molecule is CC[C@H]1OC(=O)C(C)(F)C(=O)[C@H](C)[C@@H](O[C@@H]2O[C@H](C)CC(N(C)C)[C@H]2O)[C@](C)(OC)C[C@@H](C)CN[C@H](C)[C@H]2N(CCCCN=[N+]=[N-])C(=O)O[C@]12C. The van der Waals surface area contributed by atoms with E-state index in [2.05, 4.69) is 15.3 Å². The summed E-state index contributed by atoms with van der Waals surface area (Å²) in [6, 6.07) is -1.35. The first-order valence-corrected chi connectivity index (χ1v) is 18.2. The monoisotopic (exact) mass is 728 g/mol. The van der Waals surface area contributed by atoms with Crippen molar-refractivity contribution in [2.45, 2.75) is 153 Å². The number of rotatable bonds is 10. The number of ether oxygens (including phenoxy) is 5. The van der Waals surface area contributed by atoms with Crippen LogP contribution in [-0.2, 0) is 33.3 Å². The first-order chi connectivity index (χ1) is 23.8. The first-order valence-electron chi connectivity index (χ1n) is 18.2. The molecule has 0 aliphatic carbocycles. The fourth-order valence-corrected chi connectivity index (χ4v) is 8.17. The number of azide groups is 1. The topological polar surface area (TPSA) is 185 Å². The van der Waals surface area contributed by atoms with Gasteiger partial charge in [-0.05, 0) is 98.8 Å². The summed E-state index contributed by atoms with van der Waals surface area (Å²) in [4.78, 5) is 47.6. The van der Waals surface area contributed by atoms with Crippen LogP contribution < -0.4 is 5.32 Å². The average Bonchev–Trinajstić information content (AvgIpc) is 3.33. The third-order valence-corrected chi connectivity index (χ3v) is 11.0. The van der Waals surface area contributed by atoms with Crippen molar-refractivity contribution in [1.29, 1.82) is 0 Å². The number of fused-ring (bicyclic) bond motifs is 1. The summed E-state index contributed by atoms with van der Waals surface area (Å²) in [5.74, 6) is -3.87. The molecule has 292 valence electrons. The number of esters is 1. The van der Waals surface area contributed by atoms with E-state index in [1.54, 1.807) is 25.7 Å².